The molecule has 2 N–H and O–H groups in total. The van der Waals surface area contributed by atoms with Crippen LogP contribution in [0.1, 0.15) is 31.6 Å². The fraction of sp³-hybridized carbons (Fsp3) is 0.600. The number of nitrogens with one attached hydrogen (secondary N) is 2. The number of ether oxygens (including phenoxy) is 1. The van der Waals surface area contributed by atoms with Crippen LogP contribution in [-0.2, 0) is 11.2 Å². The number of hydrogen-bond acceptors (Lipinski definition) is 6. The van der Waals surface area contributed by atoms with Crippen molar-refractivity contribution < 1.29 is 4.74 Å². The minimum atomic E-state index is 0.711. The van der Waals surface area contributed by atoms with E-state index in [0.29, 0.717) is 5.95 Å². The third kappa shape index (κ3) is 4.28. The van der Waals surface area contributed by atoms with Gasteiger partial charge in [-0.3, -0.25) is 0 Å². The van der Waals surface area contributed by atoms with Crippen molar-refractivity contribution in [3.05, 3.63) is 10.9 Å². The van der Waals surface area contributed by atoms with Crippen LogP contribution >= 0.6 is 11.3 Å². The molecule has 0 atom stereocenters. The molecule has 2 heterocycles. The molecule has 0 fully saturated rings. The van der Waals surface area contributed by atoms with Gasteiger partial charge >= 0.3 is 0 Å². The van der Waals surface area contributed by atoms with Crippen molar-refractivity contribution in [1.82, 2.24) is 9.97 Å². The summed E-state index contributed by atoms with van der Waals surface area (Å²) >= 11 is 1.75. The van der Waals surface area contributed by atoms with E-state index >= 15 is 0 Å². The molecule has 2 rings (SSSR count). The van der Waals surface area contributed by atoms with Gasteiger partial charge in [0.1, 0.15) is 10.6 Å². The Morgan fingerprint density at radius 2 is 2.05 bits per heavy atom. The highest BCUT2D eigenvalue weighted by Crippen LogP contribution is 2.30. The minimum absolute atomic E-state index is 0.711. The molecule has 5 nitrogen and oxygen atoms in total. The van der Waals surface area contributed by atoms with Crippen LogP contribution in [-0.4, -0.2) is 36.8 Å². The van der Waals surface area contributed by atoms with Crippen molar-refractivity contribution in [2.75, 3.05) is 37.4 Å². The normalized spacial score (nSPS) is 11.0. The smallest absolute Gasteiger partial charge is 0.226 e. The van der Waals surface area contributed by atoms with Gasteiger partial charge in [0.2, 0.25) is 5.95 Å². The number of aromatic nitrogens is 2. The maximum Gasteiger partial charge on any atom is 0.226 e. The zero-order valence-corrected chi connectivity index (χ0v) is 13.8. The second-order valence-electron chi connectivity index (χ2n) is 4.88. The molecule has 2 aromatic rings. The number of rotatable bonds is 9. The van der Waals surface area contributed by atoms with E-state index in [9.17, 15) is 0 Å². The van der Waals surface area contributed by atoms with Gasteiger partial charge in [0.05, 0.1) is 5.39 Å². The first-order valence-electron chi connectivity index (χ1n) is 7.55. The van der Waals surface area contributed by atoms with Gasteiger partial charge < -0.3 is 15.4 Å². The average Bonchev–Trinajstić information content (AvgIpc) is 2.92. The van der Waals surface area contributed by atoms with Crippen LogP contribution in [0, 0.1) is 0 Å². The highest BCUT2D eigenvalue weighted by molar-refractivity contribution is 7.18. The number of methoxy groups -OCH3 is 1. The van der Waals surface area contributed by atoms with E-state index in [4.69, 9.17) is 4.74 Å². The van der Waals surface area contributed by atoms with Gasteiger partial charge in [0, 0.05) is 31.7 Å². The summed E-state index contributed by atoms with van der Waals surface area (Å²) < 4.78 is 5.08. The largest absolute Gasteiger partial charge is 0.385 e. The number of fused-ring (bicyclic) bond motifs is 1. The fourth-order valence-electron chi connectivity index (χ4n) is 2.02. The summed E-state index contributed by atoms with van der Waals surface area (Å²) in [7, 11) is 1.72. The van der Waals surface area contributed by atoms with Crippen molar-refractivity contribution in [2.45, 2.75) is 33.1 Å². The lowest BCUT2D eigenvalue weighted by Gasteiger charge is -2.09. The molecule has 0 unspecified atom stereocenters. The third-order valence-electron chi connectivity index (χ3n) is 3.14. The lowest BCUT2D eigenvalue weighted by Crippen LogP contribution is -2.09. The average molecular weight is 308 g/mol. The molecule has 2 aromatic heterocycles. The van der Waals surface area contributed by atoms with Gasteiger partial charge in [-0.25, -0.2) is 4.98 Å². The lowest BCUT2D eigenvalue weighted by molar-refractivity contribution is 0.198. The molecular weight excluding hydrogens is 284 g/mol. The number of anilines is 2. The predicted molar refractivity (Wildman–Crippen MR) is 90.6 cm³/mol. The summed E-state index contributed by atoms with van der Waals surface area (Å²) in [5, 5.41) is 7.81. The van der Waals surface area contributed by atoms with Crippen molar-refractivity contribution in [1.29, 1.82) is 0 Å². The van der Waals surface area contributed by atoms with Crippen LogP contribution in [0.2, 0.25) is 0 Å². The van der Waals surface area contributed by atoms with E-state index in [2.05, 4.69) is 40.5 Å². The molecule has 116 valence electrons. The Morgan fingerprint density at radius 1 is 1.19 bits per heavy atom. The molecule has 0 aliphatic heterocycles. The third-order valence-corrected chi connectivity index (χ3v) is 4.32. The zero-order valence-electron chi connectivity index (χ0n) is 13.0. The Hall–Kier alpha value is -1.40. The van der Waals surface area contributed by atoms with Crippen LogP contribution < -0.4 is 10.6 Å². The van der Waals surface area contributed by atoms with E-state index in [1.54, 1.807) is 18.4 Å². The Bertz CT molecular complexity index is 570. The van der Waals surface area contributed by atoms with Crippen molar-refractivity contribution in [3.8, 4) is 0 Å². The molecule has 0 aliphatic carbocycles. The molecule has 0 bridgehead atoms. The Kier molecular flexibility index (Phi) is 6.20. The van der Waals surface area contributed by atoms with Crippen LogP contribution in [0.5, 0.6) is 0 Å². The quantitative estimate of drug-likeness (QED) is 0.694. The second-order valence-corrected chi connectivity index (χ2v) is 6.00. The molecule has 0 radical (unpaired) electrons. The van der Waals surface area contributed by atoms with Gasteiger partial charge in [-0.05, 0) is 25.3 Å². The SMILES string of the molecule is CCCNc1nc(NCCCOC)c2cc(CC)sc2n1. The van der Waals surface area contributed by atoms with E-state index in [0.717, 1.165) is 55.0 Å². The van der Waals surface area contributed by atoms with E-state index in [-0.39, 0.29) is 0 Å². The standard InChI is InChI=1S/C15H24N4OS/c1-4-7-17-15-18-13(16-8-6-9-20-3)12-10-11(5-2)21-14(12)19-15/h10H,4-9H2,1-3H3,(H2,16,17,18,19). The summed E-state index contributed by atoms with van der Waals surface area (Å²) in [6.07, 6.45) is 3.05. The molecular formula is C15H24N4OS. The maximum absolute atomic E-state index is 5.08. The number of thiophene rings is 1. The van der Waals surface area contributed by atoms with Gasteiger partial charge in [0.25, 0.3) is 0 Å². The van der Waals surface area contributed by atoms with E-state index < -0.39 is 0 Å². The number of hydrogen-bond donors (Lipinski definition) is 2. The van der Waals surface area contributed by atoms with Crippen LogP contribution in [0.25, 0.3) is 10.2 Å². The number of aryl methyl sites for hydroxylation is 1. The van der Waals surface area contributed by atoms with Gasteiger partial charge in [0.15, 0.2) is 0 Å². The van der Waals surface area contributed by atoms with Gasteiger partial charge in [-0.1, -0.05) is 13.8 Å². The Labute approximate surface area is 130 Å². The molecule has 21 heavy (non-hydrogen) atoms. The Balaban J connectivity index is 2.22. The lowest BCUT2D eigenvalue weighted by atomic mass is 10.3. The topological polar surface area (TPSA) is 59.1 Å². The monoisotopic (exact) mass is 308 g/mol. The van der Waals surface area contributed by atoms with Crippen LogP contribution in [0.4, 0.5) is 11.8 Å². The number of nitrogens with zero attached hydrogens (tertiary/aromatic N) is 2. The summed E-state index contributed by atoms with van der Waals surface area (Å²) in [6.45, 7) is 6.80. The zero-order chi connectivity index (χ0) is 15.1. The Morgan fingerprint density at radius 3 is 2.76 bits per heavy atom. The highest BCUT2D eigenvalue weighted by atomic mass is 32.1. The van der Waals surface area contributed by atoms with Gasteiger partial charge in [-0.2, -0.15) is 4.98 Å². The molecule has 0 spiro atoms. The molecule has 0 amide bonds. The minimum Gasteiger partial charge on any atom is -0.385 e. The predicted octanol–water partition coefficient (Wildman–Crippen LogP) is 3.52. The van der Waals surface area contributed by atoms with Gasteiger partial charge in [-0.15, -0.1) is 11.3 Å². The van der Waals surface area contributed by atoms with Crippen molar-refractivity contribution in [3.63, 3.8) is 0 Å². The molecule has 0 aliphatic rings. The van der Waals surface area contributed by atoms with Crippen molar-refractivity contribution >= 4 is 33.3 Å². The fourth-order valence-corrected chi connectivity index (χ4v) is 2.99. The summed E-state index contributed by atoms with van der Waals surface area (Å²) in [5.74, 6) is 1.63. The first-order valence-corrected chi connectivity index (χ1v) is 8.37. The van der Waals surface area contributed by atoms with E-state index in [1.165, 1.54) is 4.88 Å². The first-order chi connectivity index (χ1) is 10.3. The van der Waals surface area contributed by atoms with Crippen molar-refractivity contribution in [2.24, 2.45) is 0 Å². The second kappa shape index (κ2) is 8.14. The maximum atomic E-state index is 5.08. The molecule has 0 aromatic carbocycles. The molecule has 0 saturated heterocycles. The molecule has 6 heteroatoms. The first kappa shape index (κ1) is 16.0. The van der Waals surface area contributed by atoms with Crippen LogP contribution in [0.3, 0.4) is 0 Å². The van der Waals surface area contributed by atoms with Crippen LogP contribution in [0.15, 0.2) is 6.07 Å². The summed E-state index contributed by atoms with van der Waals surface area (Å²) in [4.78, 5) is 11.6. The summed E-state index contributed by atoms with van der Waals surface area (Å²) in [6, 6.07) is 2.20. The summed E-state index contributed by atoms with van der Waals surface area (Å²) in [5.41, 5.74) is 0. The molecule has 0 saturated carbocycles. The van der Waals surface area contributed by atoms with E-state index in [1.807, 2.05) is 0 Å². The highest BCUT2D eigenvalue weighted by Gasteiger charge is 2.11.